The molecule has 0 saturated heterocycles. The molecule has 1 aromatic rings. The number of non-ortho nitro benzene ring substituents is 1. The Labute approximate surface area is 257 Å². The molecule has 0 bridgehead atoms. The quantitative estimate of drug-likeness (QED) is 0.0617. The number of anilines is 1. The van der Waals surface area contributed by atoms with Crippen LogP contribution < -0.4 is 21.3 Å². The van der Waals surface area contributed by atoms with E-state index < -0.39 is 102 Å². The highest BCUT2D eigenvalue weighted by atomic mass is 16.6. The van der Waals surface area contributed by atoms with Gasteiger partial charge in [-0.05, 0) is 25.0 Å². The number of carbonyl (C=O) groups excluding carboxylic acids is 5. The van der Waals surface area contributed by atoms with Gasteiger partial charge in [0.15, 0.2) is 6.10 Å². The van der Waals surface area contributed by atoms with Crippen LogP contribution in [0.1, 0.15) is 53.4 Å². The van der Waals surface area contributed by atoms with Crippen LogP contribution in [0.4, 0.5) is 11.4 Å². The van der Waals surface area contributed by atoms with Crippen molar-refractivity contribution in [3.63, 3.8) is 0 Å². The van der Waals surface area contributed by atoms with E-state index in [9.17, 15) is 53.9 Å². The topological polar surface area (TPSA) is 281 Å². The zero-order valence-corrected chi connectivity index (χ0v) is 25.0. The van der Waals surface area contributed by atoms with E-state index >= 15 is 0 Å². The van der Waals surface area contributed by atoms with Crippen molar-refractivity contribution in [2.45, 2.75) is 83.7 Å². The smallest absolute Gasteiger partial charge is 0.329 e. The maximum Gasteiger partial charge on any atom is 0.329 e. The highest BCUT2D eigenvalue weighted by molar-refractivity contribution is 6.00. The number of ether oxygens (including phenoxy) is 1. The minimum atomic E-state index is -1.84. The van der Waals surface area contributed by atoms with Crippen molar-refractivity contribution < 1.29 is 58.5 Å². The lowest BCUT2D eigenvalue weighted by molar-refractivity contribution is -0.384. The van der Waals surface area contributed by atoms with Crippen LogP contribution in [0.5, 0.6) is 0 Å². The first-order valence-electron chi connectivity index (χ1n) is 13.7. The van der Waals surface area contributed by atoms with Gasteiger partial charge in [-0.1, -0.05) is 20.3 Å². The molecule has 18 nitrogen and oxygen atoms in total. The Kier molecular flexibility index (Phi) is 15.0. The molecule has 0 radical (unpaired) electrons. The average molecular weight is 640 g/mol. The molecule has 248 valence electrons. The number of nitro benzene ring substituents is 1. The molecule has 0 aromatic heterocycles. The van der Waals surface area contributed by atoms with Crippen molar-refractivity contribution in [1.29, 1.82) is 0 Å². The van der Waals surface area contributed by atoms with E-state index in [-0.39, 0.29) is 11.4 Å². The second-order valence-electron chi connectivity index (χ2n) is 10.1. The predicted octanol–water partition coefficient (Wildman–Crippen LogP) is -0.314. The van der Waals surface area contributed by atoms with E-state index in [1.54, 1.807) is 13.8 Å². The number of aliphatic hydroxyl groups is 1. The summed E-state index contributed by atoms with van der Waals surface area (Å²) in [7, 11) is 0. The first-order chi connectivity index (χ1) is 21.0. The third kappa shape index (κ3) is 13.0. The lowest BCUT2D eigenvalue weighted by atomic mass is 9.99. The molecule has 0 fully saturated rings. The van der Waals surface area contributed by atoms with Gasteiger partial charge in [0.05, 0.1) is 17.4 Å². The summed E-state index contributed by atoms with van der Waals surface area (Å²) in [6.45, 7) is 5.61. The Balaban J connectivity index is 3.17. The van der Waals surface area contributed by atoms with E-state index in [0.717, 1.165) is 26.0 Å². The van der Waals surface area contributed by atoms with Gasteiger partial charge in [-0.15, -0.1) is 0 Å². The lowest BCUT2D eigenvalue weighted by Gasteiger charge is -2.27. The summed E-state index contributed by atoms with van der Waals surface area (Å²) in [6.07, 6.45) is -5.15. The van der Waals surface area contributed by atoms with Crippen LogP contribution in [0.25, 0.3) is 0 Å². The van der Waals surface area contributed by atoms with Gasteiger partial charge in [-0.3, -0.25) is 38.9 Å². The van der Waals surface area contributed by atoms with Crippen molar-refractivity contribution >= 4 is 52.9 Å². The fourth-order valence-electron chi connectivity index (χ4n) is 3.79. The Hall–Kier alpha value is -5.13. The summed E-state index contributed by atoms with van der Waals surface area (Å²) in [4.78, 5) is 96.3. The fraction of sp³-hybridized carbons (Fsp3) is 0.519. The number of aliphatic hydroxyl groups excluding tert-OH is 1. The minimum Gasteiger partial charge on any atom is -0.481 e. The largest absolute Gasteiger partial charge is 0.481 e. The molecule has 0 aliphatic rings. The zero-order chi connectivity index (χ0) is 34.4. The lowest BCUT2D eigenvalue weighted by Crippen LogP contribution is -2.58. The normalized spacial score (nSPS) is 14.7. The van der Waals surface area contributed by atoms with Crippen molar-refractivity contribution in [3.05, 3.63) is 34.4 Å². The molecular weight excluding hydrogens is 602 g/mol. The maximum atomic E-state index is 13.1. The molecule has 0 heterocycles. The molecule has 1 rings (SSSR count). The standard InChI is InChI=1S/C27H37N5O13/c1-5-13(2)22(28-15(4)34)27(42)45-19(10-11-20(35)36)25(40)31-23(14(3)33)26(41)30-18(12-21(37)38)24(39)29-16-6-8-17(9-7-16)32(43)44/h6-9,13-14,18-19,22-23,33H,5,10-12H2,1-4H3,(H,28,34)(H,29,39)(H,30,41)(H,31,40)(H,35,36)(H,37,38). The second kappa shape index (κ2) is 17.9. The molecule has 6 atom stereocenters. The molecule has 1 aromatic carbocycles. The molecule has 6 unspecified atom stereocenters. The fourth-order valence-corrected chi connectivity index (χ4v) is 3.79. The average Bonchev–Trinajstić information content (AvgIpc) is 2.95. The number of nitro groups is 1. The number of hydrogen-bond acceptors (Lipinski definition) is 11. The number of carboxylic acids is 2. The third-order valence-corrected chi connectivity index (χ3v) is 6.42. The molecule has 0 aliphatic heterocycles. The van der Waals surface area contributed by atoms with Gasteiger partial charge >= 0.3 is 17.9 Å². The number of nitrogens with zero attached hydrogens (tertiary/aromatic N) is 1. The molecule has 4 amide bonds. The SMILES string of the molecule is CCC(C)C(NC(C)=O)C(=O)OC(CCC(=O)O)C(=O)NC(C(=O)NC(CC(=O)O)C(=O)Nc1ccc([N+](=O)[O-])cc1)C(C)O. The van der Waals surface area contributed by atoms with Gasteiger partial charge in [-0.25, -0.2) is 4.79 Å². The van der Waals surface area contributed by atoms with Crippen LogP contribution in [-0.2, 0) is 38.3 Å². The Bertz CT molecular complexity index is 1270. The summed E-state index contributed by atoms with van der Waals surface area (Å²) >= 11 is 0. The number of benzene rings is 1. The van der Waals surface area contributed by atoms with Crippen LogP contribution in [-0.4, -0.2) is 92.1 Å². The zero-order valence-electron chi connectivity index (χ0n) is 25.0. The molecule has 0 spiro atoms. The van der Waals surface area contributed by atoms with Crippen molar-refractivity contribution in [2.24, 2.45) is 5.92 Å². The number of rotatable bonds is 18. The monoisotopic (exact) mass is 639 g/mol. The van der Waals surface area contributed by atoms with E-state index in [2.05, 4.69) is 21.3 Å². The minimum absolute atomic E-state index is 0.0358. The van der Waals surface area contributed by atoms with Gasteiger partial charge in [0, 0.05) is 37.6 Å². The van der Waals surface area contributed by atoms with Crippen LogP contribution in [0, 0.1) is 16.0 Å². The van der Waals surface area contributed by atoms with Crippen LogP contribution in [0.15, 0.2) is 24.3 Å². The molecular formula is C27H37N5O13. The molecule has 0 aliphatic carbocycles. The van der Waals surface area contributed by atoms with Crippen LogP contribution >= 0.6 is 0 Å². The summed E-state index contributed by atoms with van der Waals surface area (Å²) in [5, 5.41) is 48.4. The summed E-state index contributed by atoms with van der Waals surface area (Å²) < 4.78 is 5.24. The van der Waals surface area contributed by atoms with Crippen molar-refractivity contribution in [3.8, 4) is 0 Å². The van der Waals surface area contributed by atoms with Gasteiger partial charge in [0.2, 0.25) is 17.7 Å². The number of esters is 1. The Morgan fingerprint density at radius 3 is 1.96 bits per heavy atom. The third-order valence-electron chi connectivity index (χ3n) is 6.42. The first-order valence-corrected chi connectivity index (χ1v) is 13.7. The molecule has 18 heteroatoms. The second-order valence-corrected chi connectivity index (χ2v) is 10.1. The summed E-state index contributed by atoms with van der Waals surface area (Å²) in [5.41, 5.74) is -0.245. The van der Waals surface area contributed by atoms with Crippen LogP contribution in [0.3, 0.4) is 0 Å². The summed E-state index contributed by atoms with van der Waals surface area (Å²) in [5.74, 6) is -8.36. The first kappa shape index (κ1) is 37.9. The highest BCUT2D eigenvalue weighted by Crippen LogP contribution is 2.16. The van der Waals surface area contributed by atoms with E-state index in [1.807, 2.05) is 0 Å². The number of nitrogens with one attached hydrogen (secondary N) is 4. The predicted molar refractivity (Wildman–Crippen MR) is 153 cm³/mol. The van der Waals surface area contributed by atoms with Gasteiger partial charge in [0.1, 0.15) is 18.1 Å². The van der Waals surface area contributed by atoms with E-state index in [0.29, 0.717) is 6.42 Å². The Morgan fingerprint density at radius 1 is 0.889 bits per heavy atom. The molecule has 7 N–H and O–H groups in total. The van der Waals surface area contributed by atoms with Gasteiger partial charge in [0.25, 0.3) is 11.6 Å². The number of amides is 4. The van der Waals surface area contributed by atoms with E-state index in [4.69, 9.17) is 9.84 Å². The van der Waals surface area contributed by atoms with Crippen molar-refractivity contribution in [2.75, 3.05) is 5.32 Å². The molecule has 45 heavy (non-hydrogen) atoms. The van der Waals surface area contributed by atoms with Gasteiger partial charge < -0.3 is 41.3 Å². The molecule has 0 saturated carbocycles. The number of carbonyl (C=O) groups is 7. The summed E-state index contributed by atoms with van der Waals surface area (Å²) in [6, 6.07) is -0.279. The van der Waals surface area contributed by atoms with E-state index in [1.165, 1.54) is 12.1 Å². The number of carboxylic acid groups (broad SMARTS) is 2. The number of hydrogen-bond donors (Lipinski definition) is 7. The van der Waals surface area contributed by atoms with Gasteiger partial charge in [-0.2, -0.15) is 0 Å². The Morgan fingerprint density at radius 2 is 1.49 bits per heavy atom. The highest BCUT2D eigenvalue weighted by Gasteiger charge is 2.36. The number of aliphatic carboxylic acids is 2. The maximum absolute atomic E-state index is 13.1. The van der Waals surface area contributed by atoms with Crippen molar-refractivity contribution in [1.82, 2.24) is 16.0 Å². The van der Waals surface area contributed by atoms with Crippen LogP contribution in [0.2, 0.25) is 0 Å².